The molecule has 4 rings (SSSR count). The number of rotatable bonds is 1. The molecule has 2 aromatic rings. The van der Waals surface area contributed by atoms with E-state index in [1.165, 1.54) is 18.5 Å². The molecule has 130 valence electrons. The number of carbonyl (C=O) groups excluding carboxylic acids is 1. The molecule has 4 heterocycles. The largest absolute Gasteiger partial charge is 0.326 e. The van der Waals surface area contributed by atoms with Crippen LogP contribution in [0.25, 0.3) is 0 Å². The van der Waals surface area contributed by atoms with Gasteiger partial charge in [-0.2, -0.15) is 0 Å². The topological polar surface area (TPSA) is 78.1 Å². The van der Waals surface area contributed by atoms with Crippen LogP contribution < -0.4 is 10.9 Å². The number of aromatic nitrogens is 2. The molecular formula is C16H13Cl2FN4O2. The standard InChI is InChI=1S/C16H13Cl2FN4O2/c17-10-4-13(20-6-11(10)18)22-16(25)23-7-1-2-12(23)9-5-21-15(24)14(19)8(9)3-7/h4-7,12H,1-3H2,(H,21,24)(H,20,22,25)/t7-,12+/m1/s1. The predicted octanol–water partition coefficient (Wildman–Crippen LogP) is 3.51. The molecule has 0 unspecified atom stereocenters. The van der Waals surface area contributed by atoms with Crippen molar-refractivity contribution in [2.24, 2.45) is 0 Å². The third-order valence-corrected chi connectivity index (χ3v) is 5.46. The maximum absolute atomic E-state index is 14.1. The van der Waals surface area contributed by atoms with E-state index >= 15 is 0 Å². The lowest BCUT2D eigenvalue weighted by Gasteiger charge is -2.36. The van der Waals surface area contributed by atoms with Gasteiger partial charge >= 0.3 is 6.03 Å². The van der Waals surface area contributed by atoms with Gasteiger partial charge < -0.3 is 9.88 Å². The number of nitrogens with zero attached hydrogens (tertiary/aromatic N) is 2. The molecule has 25 heavy (non-hydrogen) atoms. The molecule has 2 aliphatic rings. The van der Waals surface area contributed by atoms with Crippen LogP contribution in [0.15, 0.2) is 23.3 Å². The maximum Gasteiger partial charge on any atom is 0.323 e. The van der Waals surface area contributed by atoms with E-state index < -0.39 is 11.4 Å². The predicted molar refractivity (Wildman–Crippen MR) is 91.6 cm³/mol. The molecule has 0 radical (unpaired) electrons. The van der Waals surface area contributed by atoms with Crippen molar-refractivity contribution in [1.82, 2.24) is 14.9 Å². The number of H-pyrrole nitrogens is 1. The van der Waals surface area contributed by atoms with Gasteiger partial charge in [0.25, 0.3) is 5.56 Å². The number of hydrogen-bond donors (Lipinski definition) is 2. The average Bonchev–Trinajstić information content (AvgIpc) is 2.90. The second-order valence-corrected chi connectivity index (χ2v) is 6.95. The molecule has 2 aliphatic heterocycles. The Balaban J connectivity index is 1.63. The number of nitrogens with one attached hydrogen (secondary N) is 2. The Morgan fingerprint density at radius 3 is 2.92 bits per heavy atom. The van der Waals surface area contributed by atoms with Gasteiger partial charge in [0.1, 0.15) is 5.82 Å². The number of hydrogen-bond acceptors (Lipinski definition) is 3. The third-order valence-electron chi connectivity index (χ3n) is 4.75. The Morgan fingerprint density at radius 1 is 1.36 bits per heavy atom. The van der Waals surface area contributed by atoms with Crippen molar-refractivity contribution in [1.29, 1.82) is 0 Å². The highest BCUT2D eigenvalue weighted by molar-refractivity contribution is 6.42. The molecule has 0 aromatic carbocycles. The first-order valence-electron chi connectivity index (χ1n) is 7.76. The number of urea groups is 1. The number of amides is 2. The second-order valence-electron chi connectivity index (χ2n) is 6.14. The van der Waals surface area contributed by atoms with Crippen LogP contribution in [0.4, 0.5) is 15.0 Å². The van der Waals surface area contributed by atoms with Crippen LogP contribution in [0.5, 0.6) is 0 Å². The van der Waals surface area contributed by atoms with E-state index in [2.05, 4.69) is 15.3 Å². The van der Waals surface area contributed by atoms with Crippen molar-refractivity contribution in [3.8, 4) is 0 Å². The summed E-state index contributed by atoms with van der Waals surface area (Å²) in [5.41, 5.74) is 0.340. The highest BCUT2D eigenvalue weighted by Gasteiger charge is 2.44. The van der Waals surface area contributed by atoms with Gasteiger partial charge in [0, 0.05) is 30.1 Å². The molecule has 1 fully saturated rings. The zero-order valence-electron chi connectivity index (χ0n) is 12.9. The molecular weight excluding hydrogens is 370 g/mol. The smallest absolute Gasteiger partial charge is 0.323 e. The molecule has 6 nitrogen and oxygen atoms in total. The molecule has 2 N–H and O–H groups in total. The van der Waals surface area contributed by atoms with Crippen molar-refractivity contribution >= 4 is 35.1 Å². The summed E-state index contributed by atoms with van der Waals surface area (Å²) in [4.78, 5) is 32.3. The van der Waals surface area contributed by atoms with Crippen LogP contribution >= 0.6 is 23.2 Å². The highest BCUT2D eigenvalue weighted by Crippen LogP contribution is 2.43. The van der Waals surface area contributed by atoms with E-state index in [1.54, 1.807) is 4.90 Å². The lowest BCUT2D eigenvalue weighted by molar-refractivity contribution is 0.178. The van der Waals surface area contributed by atoms with Crippen molar-refractivity contribution in [2.75, 3.05) is 5.32 Å². The van der Waals surface area contributed by atoms with Crippen molar-refractivity contribution < 1.29 is 9.18 Å². The van der Waals surface area contributed by atoms with Gasteiger partial charge in [0.2, 0.25) is 0 Å². The SMILES string of the molecule is O=C(Nc1cc(Cl)c(Cl)cn1)N1[C@@H]2CC[C@H]1c1c[nH]c(=O)c(F)c1C2. The Morgan fingerprint density at radius 2 is 2.16 bits per heavy atom. The number of fused-ring (bicyclic) bond motifs is 4. The van der Waals surface area contributed by atoms with Crippen molar-refractivity contribution in [2.45, 2.75) is 31.3 Å². The van der Waals surface area contributed by atoms with Gasteiger partial charge in [0.15, 0.2) is 5.82 Å². The first kappa shape index (κ1) is 16.4. The van der Waals surface area contributed by atoms with Crippen LogP contribution in [0.1, 0.15) is 30.0 Å². The molecule has 2 aromatic heterocycles. The van der Waals surface area contributed by atoms with E-state index in [1.807, 2.05) is 0 Å². The van der Waals surface area contributed by atoms with Gasteiger partial charge in [-0.3, -0.25) is 10.1 Å². The zero-order chi connectivity index (χ0) is 17.7. The Bertz CT molecular complexity index is 933. The van der Waals surface area contributed by atoms with Gasteiger partial charge in [0.05, 0.1) is 16.1 Å². The first-order valence-corrected chi connectivity index (χ1v) is 8.51. The highest BCUT2D eigenvalue weighted by atomic mass is 35.5. The van der Waals surface area contributed by atoms with Crippen LogP contribution in [-0.4, -0.2) is 26.9 Å². The number of aromatic amines is 1. The lowest BCUT2D eigenvalue weighted by atomic mass is 9.95. The summed E-state index contributed by atoms with van der Waals surface area (Å²) in [5.74, 6) is -0.460. The molecule has 0 saturated carbocycles. The normalized spacial score (nSPS) is 21.2. The monoisotopic (exact) mass is 382 g/mol. The third kappa shape index (κ3) is 2.67. The van der Waals surface area contributed by atoms with Gasteiger partial charge in [-0.05, 0) is 24.8 Å². The summed E-state index contributed by atoms with van der Waals surface area (Å²) in [6, 6.07) is 0.703. The summed E-state index contributed by atoms with van der Waals surface area (Å²) in [7, 11) is 0. The lowest BCUT2D eigenvalue weighted by Crippen LogP contribution is -2.45. The summed E-state index contributed by atoms with van der Waals surface area (Å²) in [6.45, 7) is 0. The Hall–Kier alpha value is -2.12. The molecule has 2 atom stereocenters. The van der Waals surface area contributed by atoms with Crippen LogP contribution in [0.3, 0.4) is 0 Å². The quantitative estimate of drug-likeness (QED) is 0.791. The molecule has 9 heteroatoms. The van der Waals surface area contributed by atoms with Gasteiger partial charge in [-0.15, -0.1) is 0 Å². The fraction of sp³-hybridized carbons (Fsp3) is 0.312. The fourth-order valence-electron chi connectivity index (χ4n) is 3.65. The summed E-state index contributed by atoms with van der Waals surface area (Å²) >= 11 is 11.8. The molecule has 0 spiro atoms. The van der Waals surface area contributed by atoms with Crippen LogP contribution in [0.2, 0.25) is 10.0 Å². The minimum atomic E-state index is -0.749. The number of carbonyl (C=O) groups is 1. The second kappa shape index (κ2) is 6.00. The fourth-order valence-corrected chi connectivity index (χ4v) is 3.91. The van der Waals surface area contributed by atoms with E-state index in [9.17, 15) is 14.0 Å². The molecule has 1 saturated heterocycles. The average molecular weight is 383 g/mol. The minimum absolute atomic E-state index is 0.156. The molecule has 2 bridgehead atoms. The van der Waals surface area contributed by atoms with E-state index in [-0.39, 0.29) is 23.9 Å². The van der Waals surface area contributed by atoms with Crippen molar-refractivity contribution in [3.05, 3.63) is 55.8 Å². The van der Waals surface area contributed by atoms with Crippen LogP contribution in [0, 0.1) is 5.82 Å². The van der Waals surface area contributed by atoms with E-state index in [0.717, 1.165) is 6.42 Å². The van der Waals surface area contributed by atoms with Crippen molar-refractivity contribution in [3.63, 3.8) is 0 Å². The Kier molecular flexibility index (Phi) is 3.92. The number of anilines is 1. The number of pyridine rings is 2. The summed E-state index contributed by atoms with van der Waals surface area (Å²) in [6.07, 6.45) is 4.65. The Labute approximate surface area is 152 Å². The van der Waals surface area contributed by atoms with Gasteiger partial charge in [-0.1, -0.05) is 23.2 Å². The van der Waals surface area contributed by atoms with Gasteiger partial charge in [-0.25, -0.2) is 14.2 Å². The van der Waals surface area contributed by atoms with Crippen LogP contribution in [-0.2, 0) is 6.42 Å². The van der Waals surface area contributed by atoms with E-state index in [0.29, 0.717) is 34.0 Å². The summed E-state index contributed by atoms with van der Waals surface area (Å²) in [5, 5.41) is 3.29. The number of halogens is 3. The maximum atomic E-state index is 14.1. The molecule has 0 aliphatic carbocycles. The summed E-state index contributed by atoms with van der Waals surface area (Å²) < 4.78 is 14.1. The zero-order valence-corrected chi connectivity index (χ0v) is 14.4. The molecule has 2 amide bonds. The minimum Gasteiger partial charge on any atom is -0.326 e. The first-order chi connectivity index (χ1) is 12.0. The van der Waals surface area contributed by atoms with E-state index in [4.69, 9.17) is 23.2 Å².